The lowest BCUT2D eigenvalue weighted by molar-refractivity contribution is -0.141. The van der Waals surface area contributed by atoms with Crippen LogP contribution in [0.25, 0.3) is 0 Å². The van der Waals surface area contributed by atoms with Crippen LogP contribution in [0.15, 0.2) is 0 Å². The van der Waals surface area contributed by atoms with Gasteiger partial charge in [-0.15, -0.1) is 11.8 Å². The molecule has 0 fully saturated rings. The van der Waals surface area contributed by atoms with Gasteiger partial charge in [0, 0.05) is 0 Å². The molecule has 0 aliphatic carbocycles. The molecular weight excluding hydrogens is 168 g/mol. The average molecular weight is 180 g/mol. The lowest BCUT2D eigenvalue weighted by Gasteiger charge is -2.09. The maximum absolute atomic E-state index is 10.6. The molecular formula is C6H12O2S2. The molecule has 0 rings (SSSR count). The van der Waals surface area contributed by atoms with E-state index >= 15 is 0 Å². The summed E-state index contributed by atoms with van der Waals surface area (Å²) in [7, 11) is 0. The fraction of sp³-hybridized carbons (Fsp3) is 0.833. The van der Waals surface area contributed by atoms with Crippen LogP contribution in [0.2, 0.25) is 0 Å². The van der Waals surface area contributed by atoms with E-state index < -0.39 is 0 Å². The first kappa shape index (κ1) is 10.2. The Labute approximate surface area is 71.1 Å². The van der Waals surface area contributed by atoms with E-state index in [4.69, 9.17) is 4.74 Å². The summed E-state index contributed by atoms with van der Waals surface area (Å²) in [6, 6.07) is 0. The normalized spacial score (nSPS) is 12.7. The quantitative estimate of drug-likeness (QED) is 0.404. The van der Waals surface area contributed by atoms with E-state index in [1.54, 1.807) is 11.8 Å². The van der Waals surface area contributed by atoms with Gasteiger partial charge in [0.1, 0.15) is 5.44 Å². The van der Waals surface area contributed by atoms with Crippen LogP contribution >= 0.6 is 24.4 Å². The number of thiol groups is 1. The van der Waals surface area contributed by atoms with Gasteiger partial charge in [-0.25, -0.2) is 0 Å². The summed E-state index contributed by atoms with van der Waals surface area (Å²) in [5, 5.41) is 0. The molecule has 0 heterocycles. The Morgan fingerprint density at radius 2 is 2.40 bits per heavy atom. The van der Waals surface area contributed by atoms with Crippen LogP contribution < -0.4 is 0 Å². The number of esters is 1. The SMILES string of the molecule is CCSC(C)OC(=O)CS. The summed E-state index contributed by atoms with van der Waals surface area (Å²) >= 11 is 5.37. The van der Waals surface area contributed by atoms with E-state index in [9.17, 15) is 4.79 Å². The lowest BCUT2D eigenvalue weighted by Crippen LogP contribution is -2.12. The van der Waals surface area contributed by atoms with Gasteiger partial charge in [0.05, 0.1) is 5.75 Å². The average Bonchev–Trinajstić information content (AvgIpc) is 1.88. The number of carbonyl (C=O) groups is 1. The molecule has 1 unspecified atom stereocenters. The van der Waals surface area contributed by atoms with Crippen LogP contribution in [0.5, 0.6) is 0 Å². The third-order valence-corrected chi connectivity index (χ3v) is 1.99. The zero-order valence-corrected chi connectivity index (χ0v) is 7.87. The Morgan fingerprint density at radius 1 is 1.80 bits per heavy atom. The Hall–Kier alpha value is 0.170. The van der Waals surface area contributed by atoms with Crippen molar-refractivity contribution in [3.8, 4) is 0 Å². The molecule has 0 aromatic heterocycles. The summed E-state index contributed by atoms with van der Waals surface area (Å²) in [5.74, 6) is 0.868. The maximum atomic E-state index is 10.6. The molecule has 0 N–H and O–H groups in total. The predicted octanol–water partition coefficient (Wildman–Crippen LogP) is 1.56. The van der Waals surface area contributed by atoms with Gasteiger partial charge in [-0.05, 0) is 12.7 Å². The van der Waals surface area contributed by atoms with Crippen LogP contribution in [-0.4, -0.2) is 22.9 Å². The lowest BCUT2D eigenvalue weighted by atomic mass is 10.7. The van der Waals surface area contributed by atoms with Crippen LogP contribution in [0.1, 0.15) is 13.8 Å². The van der Waals surface area contributed by atoms with Gasteiger partial charge in [0.25, 0.3) is 0 Å². The van der Waals surface area contributed by atoms with Crippen molar-refractivity contribution in [1.82, 2.24) is 0 Å². The first-order valence-electron chi connectivity index (χ1n) is 3.12. The fourth-order valence-corrected chi connectivity index (χ4v) is 1.21. The smallest absolute Gasteiger partial charge is 0.316 e. The molecule has 0 bridgehead atoms. The topological polar surface area (TPSA) is 26.3 Å². The van der Waals surface area contributed by atoms with Gasteiger partial charge >= 0.3 is 5.97 Å². The highest BCUT2D eigenvalue weighted by molar-refractivity contribution is 7.99. The molecule has 1 atom stereocenters. The summed E-state index contributed by atoms with van der Waals surface area (Å²) < 4.78 is 4.89. The number of rotatable bonds is 4. The van der Waals surface area contributed by atoms with Crippen molar-refractivity contribution in [2.45, 2.75) is 19.3 Å². The van der Waals surface area contributed by atoms with Crippen molar-refractivity contribution in [3.63, 3.8) is 0 Å². The monoisotopic (exact) mass is 180 g/mol. The molecule has 0 aromatic rings. The Kier molecular flexibility index (Phi) is 6.02. The van der Waals surface area contributed by atoms with E-state index in [-0.39, 0.29) is 17.2 Å². The first-order chi connectivity index (χ1) is 4.70. The number of ether oxygens (including phenoxy) is 1. The number of carbonyl (C=O) groups excluding carboxylic acids is 1. The molecule has 0 spiro atoms. The molecule has 0 aliphatic rings. The highest BCUT2D eigenvalue weighted by Crippen LogP contribution is 2.10. The van der Waals surface area contributed by atoms with Crippen molar-refractivity contribution < 1.29 is 9.53 Å². The van der Waals surface area contributed by atoms with Gasteiger partial charge < -0.3 is 4.74 Å². The maximum Gasteiger partial charge on any atom is 0.316 e. The van der Waals surface area contributed by atoms with Gasteiger partial charge in [0.15, 0.2) is 0 Å². The van der Waals surface area contributed by atoms with E-state index in [0.29, 0.717) is 0 Å². The summed E-state index contributed by atoms with van der Waals surface area (Å²) in [6.07, 6.45) is 0. The number of thioether (sulfide) groups is 1. The second-order valence-electron chi connectivity index (χ2n) is 1.67. The highest BCUT2D eigenvalue weighted by Gasteiger charge is 2.05. The van der Waals surface area contributed by atoms with E-state index in [1.807, 2.05) is 13.8 Å². The summed E-state index contributed by atoms with van der Waals surface area (Å²) in [6.45, 7) is 3.88. The third kappa shape index (κ3) is 4.99. The standard InChI is InChI=1S/C6H12O2S2/c1-3-10-5(2)8-6(7)4-9/h5,9H,3-4H2,1-2H3. The van der Waals surface area contributed by atoms with Crippen LogP contribution in [0, 0.1) is 0 Å². The summed E-state index contributed by atoms with van der Waals surface area (Å²) in [5.41, 5.74) is -0.0374. The molecule has 2 nitrogen and oxygen atoms in total. The minimum atomic E-state index is -0.253. The second-order valence-corrected chi connectivity index (χ2v) is 3.56. The predicted molar refractivity (Wildman–Crippen MR) is 47.5 cm³/mol. The highest BCUT2D eigenvalue weighted by atomic mass is 32.2. The summed E-state index contributed by atoms with van der Waals surface area (Å²) in [4.78, 5) is 10.6. The zero-order chi connectivity index (χ0) is 7.98. The van der Waals surface area contributed by atoms with Gasteiger partial charge in [0.2, 0.25) is 0 Å². The van der Waals surface area contributed by atoms with Crippen LogP contribution in [0.3, 0.4) is 0 Å². The molecule has 10 heavy (non-hydrogen) atoms. The number of hydrogen-bond donors (Lipinski definition) is 1. The molecule has 0 radical (unpaired) electrons. The first-order valence-corrected chi connectivity index (χ1v) is 4.80. The van der Waals surface area contributed by atoms with Gasteiger partial charge in [-0.3, -0.25) is 4.79 Å². The van der Waals surface area contributed by atoms with Crippen molar-refractivity contribution >= 4 is 30.4 Å². The molecule has 0 saturated carbocycles. The molecule has 60 valence electrons. The van der Waals surface area contributed by atoms with Crippen molar-refractivity contribution in [2.24, 2.45) is 0 Å². The largest absolute Gasteiger partial charge is 0.451 e. The van der Waals surface area contributed by atoms with Crippen LogP contribution in [0.4, 0.5) is 0 Å². The van der Waals surface area contributed by atoms with E-state index in [0.717, 1.165) is 5.75 Å². The Morgan fingerprint density at radius 3 is 2.80 bits per heavy atom. The third-order valence-electron chi connectivity index (χ3n) is 0.828. The molecule has 0 aromatic carbocycles. The Bertz CT molecular complexity index is 106. The van der Waals surface area contributed by atoms with Crippen molar-refractivity contribution in [3.05, 3.63) is 0 Å². The fourth-order valence-electron chi connectivity index (χ4n) is 0.491. The van der Waals surface area contributed by atoms with Crippen molar-refractivity contribution in [2.75, 3.05) is 11.5 Å². The minimum absolute atomic E-state index is 0.0374. The molecule has 0 saturated heterocycles. The number of hydrogen-bond acceptors (Lipinski definition) is 4. The van der Waals surface area contributed by atoms with Gasteiger partial charge in [-0.2, -0.15) is 12.6 Å². The second kappa shape index (κ2) is 5.92. The minimum Gasteiger partial charge on any atom is -0.451 e. The zero-order valence-electron chi connectivity index (χ0n) is 6.16. The van der Waals surface area contributed by atoms with Crippen molar-refractivity contribution in [1.29, 1.82) is 0 Å². The van der Waals surface area contributed by atoms with Crippen LogP contribution in [-0.2, 0) is 9.53 Å². The van der Waals surface area contributed by atoms with E-state index in [2.05, 4.69) is 12.6 Å². The van der Waals surface area contributed by atoms with Gasteiger partial charge in [-0.1, -0.05) is 6.92 Å². The Balaban J connectivity index is 3.37. The molecule has 4 heteroatoms. The van der Waals surface area contributed by atoms with E-state index in [1.165, 1.54) is 0 Å². The molecule has 0 amide bonds. The molecule has 0 aliphatic heterocycles.